The zero-order valence-electron chi connectivity index (χ0n) is 13.8. The molecule has 0 radical (unpaired) electrons. The minimum atomic E-state index is -0.666. The van der Waals surface area contributed by atoms with E-state index in [1.54, 1.807) is 45.9 Å². The zero-order chi connectivity index (χ0) is 17.5. The SMILES string of the molecule is C#CCOc1cccc(NC(=O)OC(C)(C)C)c1OC(=O)CC. The fourth-order valence-corrected chi connectivity index (χ4v) is 1.55. The Bertz CT molecular complexity index is 610. The maximum absolute atomic E-state index is 11.9. The van der Waals surface area contributed by atoms with Gasteiger partial charge in [-0.1, -0.05) is 18.9 Å². The molecule has 0 fully saturated rings. The second-order valence-corrected chi connectivity index (χ2v) is 5.58. The van der Waals surface area contributed by atoms with Crippen LogP contribution in [0.3, 0.4) is 0 Å². The Hall–Kier alpha value is -2.68. The van der Waals surface area contributed by atoms with Gasteiger partial charge >= 0.3 is 12.1 Å². The van der Waals surface area contributed by atoms with E-state index < -0.39 is 17.7 Å². The van der Waals surface area contributed by atoms with Crippen LogP contribution in [0.15, 0.2) is 18.2 Å². The standard InChI is InChI=1S/C17H21NO5/c1-6-11-21-13-10-8-9-12(15(13)22-14(19)7-2)18-16(20)23-17(3,4)5/h1,8-10H,7,11H2,2-5H3,(H,18,20). The zero-order valence-corrected chi connectivity index (χ0v) is 13.8. The number of ether oxygens (including phenoxy) is 3. The molecule has 0 heterocycles. The number of esters is 1. The summed E-state index contributed by atoms with van der Waals surface area (Å²) in [4.78, 5) is 23.5. The highest BCUT2D eigenvalue weighted by molar-refractivity contribution is 5.89. The van der Waals surface area contributed by atoms with Crippen LogP contribution in [0.25, 0.3) is 0 Å². The Kier molecular flexibility index (Phi) is 6.46. The molecule has 1 N–H and O–H groups in total. The summed E-state index contributed by atoms with van der Waals surface area (Å²) in [5, 5.41) is 2.54. The van der Waals surface area contributed by atoms with E-state index in [1.165, 1.54) is 0 Å². The van der Waals surface area contributed by atoms with Gasteiger partial charge in [-0.3, -0.25) is 10.1 Å². The number of amides is 1. The number of hydrogen-bond acceptors (Lipinski definition) is 5. The smallest absolute Gasteiger partial charge is 0.412 e. The van der Waals surface area contributed by atoms with Gasteiger partial charge < -0.3 is 14.2 Å². The first kappa shape index (κ1) is 18.4. The summed E-state index contributed by atoms with van der Waals surface area (Å²) < 4.78 is 15.8. The highest BCUT2D eigenvalue weighted by Crippen LogP contribution is 2.36. The Balaban J connectivity index is 3.07. The van der Waals surface area contributed by atoms with Gasteiger partial charge in [-0.2, -0.15) is 0 Å². The second kappa shape index (κ2) is 8.08. The predicted molar refractivity (Wildman–Crippen MR) is 86.6 cm³/mol. The van der Waals surface area contributed by atoms with Gasteiger partial charge in [-0.25, -0.2) is 4.79 Å². The Morgan fingerprint density at radius 3 is 2.57 bits per heavy atom. The normalized spacial score (nSPS) is 10.4. The lowest BCUT2D eigenvalue weighted by atomic mass is 10.2. The first-order valence-corrected chi connectivity index (χ1v) is 7.16. The fraction of sp³-hybridized carbons (Fsp3) is 0.412. The van der Waals surface area contributed by atoms with E-state index in [0.29, 0.717) is 0 Å². The average molecular weight is 319 g/mol. The number of rotatable bonds is 5. The van der Waals surface area contributed by atoms with Crippen LogP contribution in [-0.4, -0.2) is 24.3 Å². The molecular weight excluding hydrogens is 298 g/mol. The number of nitrogens with one attached hydrogen (secondary N) is 1. The summed E-state index contributed by atoms with van der Waals surface area (Å²) in [6.45, 7) is 6.91. The molecule has 0 aliphatic rings. The van der Waals surface area contributed by atoms with E-state index >= 15 is 0 Å². The molecule has 1 aromatic rings. The van der Waals surface area contributed by atoms with E-state index in [2.05, 4.69) is 11.2 Å². The number of para-hydroxylation sites is 1. The number of benzene rings is 1. The van der Waals surface area contributed by atoms with Crippen molar-refractivity contribution in [2.24, 2.45) is 0 Å². The second-order valence-electron chi connectivity index (χ2n) is 5.58. The van der Waals surface area contributed by atoms with Crippen molar-refractivity contribution in [3.05, 3.63) is 18.2 Å². The maximum atomic E-state index is 11.9. The lowest BCUT2D eigenvalue weighted by Crippen LogP contribution is -2.27. The molecule has 0 aliphatic carbocycles. The van der Waals surface area contributed by atoms with E-state index in [9.17, 15) is 9.59 Å². The van der Waals surface area contributed by atoms with Crippen LogP contribution in [-0.2, 0) is 9.53 Å². The van der Waals surface area contributed by atoms with E-state index in [0.717, 1.165) is 0 Å². The quantitative estimate of drug-likeness (QED) is 0.512. The number of anilines is 1. The van der Waals surface area contributed by atoms with Crippen molar-refractivity contribution in [2.75, 3.05) is 11.9 Å². The Morgan fingerprint density at radius 1 is 1.30 bits per heavy atom. The molecule has 124 valence electrons. The number of carbonyl (C=O) groups is 2. The van der Waals surface area contributed by atoms with Crippen LogP contribution >= 0.6 is 0 Å². The molecule has 1 rings (SSSR count). The molecule has 0 bridgehead atoms. The minimum Gasteiger partial charge on any atom is -0.477 e. The van der Waals surface area contributed by atoms with Crippen LogP contribution < -0.4 is 14.8 Å². The summed E-state index contributed by atoms with van der Waals surface area (Å²) in [6.07, 6.45) is 4.68. The predicted octanol–water partition coefficient (Wildman–Crippen LogP) is 3.36. The molecule has 1 amide bonds. The van der Waals surface area contributed by atoms with Crippen LogP contribution in [0, 0.1) is 12.3 Å². The highest BCUT2D eigenvalue weighted by atomic mass is 16.6. The molecule has 0 unspecified atom stereocenters. The lowest BCUT2D eigenvalue weighted by molar-refractivity contribution is -0.134. The van der Waals surface area contributed by atoms with Crippen molar-refractivity contribution in [2.45, 2.75) is 39.7 Å². The van der Waals surface area contributed by atoms with Crippen LogP contribution in [0.1, 0.15) is 34.1 Å². The maximum Gasteiger partial charge on any atom is 0.412 e. The van der Waals surface area contributed by atoms with Crippen molar-refractivity contribution in [1.82, 2.24) is 0 Å². The number of hydrogen-bond donors (Lipinski definition) is 1. The molecule has 6 nitrogen and oxygen atoms in total. The summed E-state index contributed by atoms with van der Waals surface area (Å²) in [6, 6.07) is 4.81. The molecule has 0 saturated heterocycles. The summed E-state index contributed by atoms with van der Waals surface area (Å²) in [7, 11) is 0. The fourth-order valence-electron chi connectivity index (χ4n) is 1.55. The van der Waals surface area contributed by atoms with Gasteiger partial charge in [-0.15, -0.1) is 6.42 Å². The topological polar surface area (TPSA) is 73.9 Å². The van der Waals surface area contributed by atoms with Gasteiger partial charge in [0.15, 0.2) is 11.5 Å². The summed E-state index contributed by atoms with van der Waals surface area (Å²) in [5.74, 6) is 2.22. The van der Waals surface area contributed by atoms with Gasteiger partial charge in [0.25, 0.3) is 0 Å². The molecule has 23 heavy (non-hydrogen) atoms. The van der Waals surface area contributed by atoms with Crippen molar-refractivity contribution < 1.29 is 23.8 Å². The third kappa shape index (κ3) is 6.30. The monoisotopic (exact) mass is 319 g/mol. The van der Waals surface area contributed by atoms with Crippen molar-refractivity contribution in [3.8, 4) is 23.8 Å². The summed E-state index contributed by atoms with van der Waals surface area (Å²) >= 11 is 0. The van der Waals surface area contributed by atoms with Gasteiger partial charge in [0, 0.05) is 6.42 Å². The molecule has 0 saturated carbocycles. The molecular formula is C17H21NO5. The lowest BCUT2D eigenvalue weighted by Gasteiger charge is -2.21. The van der Waals surface area contributed by atoms with Crippen LogP contribution in [0.4, 0.5) is 10.5 Å². The molecule has 1 aromatic carbocycles. The average Bonchev–Trinajstić information content (AvgIpc) is 2.45. The first-order valence-electron chi connectivity index (χ1n) is 7.16. The minimum absolute atomic E-state index is 0.00651. The van der Waals surface area contributed by atoms with Gasteiger partial charge in [0.05, 0.1) is 5.69 Å². The van der Waals surface area contributed by atoms with Crippen LogP contribution in [0.2, 0.25) is 0 Å². The number of carbonyl (C=O) groups excluding carboxylic acids is 2. The van der Waals surface area contributed by atoms with Gasteiger partial charge in [0.2, 0.25) is 0 Å². The molecule has 0 spiro atoms. The third-order valence-electron chi connectivity index (χ3n) is 2.43. The van der Waals surface area contributed by atoms with E-state index in [-0.39, 0.29) is 30.2 Å². The van der Waals surface area contributed by atoms with Gasteiger partial charge in [-0.05, 0) is 32.9 Å². The molecule has 0 aromatic heterocycles. The van der Waals surface area contributed by atoms with Crippen molar-refractivity contribution in [1.29, 1.82) is 0 Å². The van der Waals surface area contributed by atoms with E-state index in [4.69, 9.17) is 20.6 Å². The Morgan fingerprint density at radius 2 is 2.00 bits per heavy atom. The third-order valence-corrected chi connectivity index (χ3v) is 2.43. The highest BCUT2D eigenvalue weighted by Gasteiger charge is 2.20. The Labute approximate surface area is 136 Å². The molecule has 6 heteroatoms. The van der Waals surface area contributed by atoms with Crippen molar-refractivity contribution in [3.63, 3.8) is 0 Å². The van der Waals surface area contributed by atoms with E-state index in [1.807, 2.05) is 0 Å². The number of terminal acetylenes is 1. The van der Waals surface area contributed by atoms with Gasteiger partial charge in [0.1, 0.15) is 12.2 Å². The largest absolute Gasteiger partial charge is 0.477 e. The van der Waals surface area contributed by atoms with Crippen molar-refractivity contribution >= 4 is 17.7 Å². The van der Waals surface area contributed by atoms with Crippen LogP contribution in [0.5, 0.6) is 11.5 Å². The molecule has 0 aliphatic heterocycles. The molecule has 0 atom stereocenters. The first-order chi connectivity index (χ1) is 10.8. The summed E-state index contributed by atoms with van der Waals surface area (Å²) in [5.41, 5.74) is -0.391.